The third-order valence-corrected chi connectivity index (χ3v) is 4.87. The van der Waals surface area contributed by atoms with Gasteiger partial charge in [0.15, 0.2) is 11.6 Å². The fourth-order valence-electron chi connectivity index (χ4n) is 3.17. The minimum atomic E-state index is -3.88. The lowest BCUT2D eigenvalue weighted by molar-refractivity contribution is -0.290. The van der Waals surface area contributed by atoms with E-state index in [1.807, 2.05) is 0 Å². The molecule has 1 unspecified atom stereocenters. The Labute approximate surface area is 135 Å². The summed E-state index contributed by atoms with van der Waals surface area (Å²) in [5, 5.41) is 0. The van der Waals surface area contributed by atoms with Gasteiger partial charge in [-0.25, -0.2) is 0 Å². The molecule has 3 aliphatic rings. The van der Waals surface area contributed by atoms with Crippen LogP contribution in [0, 0.1) is 0 Å². The summed E-state index contributed by atoms with van der Waals surface area (Å²) in [6.07, 6.45) is -1.44. The molecule has 134 valence electrons. The maximum atomic E-state index is 11.6. The lowest BCUT2D eigenvalue weighted by Crippen LogP contribution is -2.60. The third-order valence-electron chi connectivity index (χ3n) is 3.94. The Hall–Kier alpha value is -0.330. The molecule has 3 rings (SSSR count). The van der Waals surface area contributed by atoms with Gasteiger partial charge in [-0.2, -0.15) is 13.1 Å². The van der Waals surface area contributed by atoms with E-state index in [0.29, 0.717) is 0 Å². The number of ether oxygens (including phenoxy) is 5. The van der Waals surface area contributed by atoms with Crippen molar-refractivity contribution in [3.05, 3.63) is 0 Å². The largest absolute Gasteiger partial charge is 0.343 e. The molecule has 3 heterocycles. The third kappa shape index (κ3) is 3.27. The van der Waals surface area contributed by atoms with Gasteiger partial charge in [0, 0.05) is 7.05 Å². The van der Waals surface area contributed by atoms with Crippen molar-refractivity contribution in [2.75, 3.05) is 20.3 Å². The van der Waals surface area contributed by atoms with Crippen LogP contribution >= 0.6 is 0 Å². The van der Waals surface area contributed by atoms with E-state index in [-0.39, 0.29) is 19.3 Å². The molecule has 0 spiro atoms. The standard InChI is InChI=1S/C13H23NO8S/c1-11(2)19-8-6-17-13(7-18-23(15,16)14-5)10(9(8)20-11)21-12(3,4)22-13/h8-10,14H,6-7H2,1-5H3/t8-,9-,10+,13?/m1/s1. The summed E-state index contributed by atoms with van der Waals surface area (Å²) < 4.78 is 59.5. The first kappa shape index (κ1) is 17.5. The van der Waals surface area contributed by atoms with E-state index in [0.717, 1.165) is 0 Å². The zero-order valence-electron chi connectivity index (χ0n) is 13.8. The number of fused-ring (bicyclic) bond motifs is 3. The van der Waals surface area contributed by atoms with Crippen molar-refractivity contribution >= 4 is 10.3 Å². The summed E-state index contributed by atoms with van der Waals surface area (Å²) in [4.78, 5) is 0. The highest BCUT2D eigenvalue weighted by Gasteiger charge is 2.65. The Kier molecular flexibility index (Phi) is 4.06. The molecule has 10 heteroatoms. The molecule has 0 aromatic carbocycles. The van der Waals surface area contributed by atoms with Gasteiger partial charge in [0.2, 0.25) is 5.79 Å². The zero-order chi connectivity index (χ0) is 17.1. The highest BCUT2D eigenvalue weighted by atomic mass is 32.2. The molecule has 0 aliphatic carbocycles. The maximum Gasteiger partial charge on any atom is 0.335 e. The van der Waals surface area contributed by atoms with E-state index in [9.17, 15) is 8.42 Å². The van der Waals surface area contributed by atoms with Crippen LogP contribution in [0.3, 0.4) is 0 Å². The smallest absolute Gasteiger partial charge is 0.335 e. The first-order valence-corrected chi connectivity index (χ1v) is 8.84. The normalized spacial score (nSPS) is 41.5. The summed E-state index contributed by atoms with van der Waals surface area (Å²) in [7, 11) is -2.62. The van der Waals surface area contributed by atoms with E-state index in [1.165, 1.54) is 7.05 Å². The molecule has 1 N–H and O–H groups in total. The molecule has 0 amide bonds. The quantitative estimate of drug-likeness (QED) is 0.745. The van der Waals surface area contributed by atoms with Crippen molar-refractivity contribution in [1.82, 2.24) is 4.72 Å². The Morgan fingerprint density at radius 1 is 1.13 bits per heavy atom. The Bertz CT molecular complexity index is 577. The van der Waals surface area contributed by atoms with E-state index in [1.54, 1.807) is 27.7 Å². The summed E-state index contributed by atoms with van der Waals surface area (Å²) in [5.74, 6) is -3.12. The topological polar surface area (TPSA) is 102 Å². The molecule has 3 aliphatic heterocycles. The van der Waals surface area contributed by atoms with E-state index >= 15 is 0 Å². The lowest BCUT2D eigenvalue weighted by atomic mass is 9.98. The SMILES string of the molecule is CNS(=O)(=O)OCC12OC[C@H]3OC(C)(C)O[C@H]3[C@@H]1OC(C)(C)O2. The molecule has 0 aromatic heterocycles. The molecule has 23 heavy (non-hydrogen) atoms. The Morgan fingerprint density at radius 2 is 1.83 bits per heavy atom. The van der Waals surface area contributed by atoms with Crippen molar-refractivity contribution in [2.45, 2.75) is 63.4 Å². The number of rotatable bonds is 4. The van der Waals surface area contributed by atoms with Crippen molar-refractivity contribution in [1.29, 1.82) is 0 Å². The van der Waals surface area contributed by atoms with Gasteiger partial charge in [-0.15, -0.1) is 0 Å². The molecule has 4 atom stereocenters. The van der Waals surface area contributed by atoms with Crippen LogP contribution in [-0.2, 0) is 38.2 Å². The van der Waals surface area contributed by atoms with Crippen LogP contribution in [0.1, 0.15) is 27.7 Å². The maximum absolute atomic E-state index is 11.6. The molecule has 0 bridgehead atoms. The molecule has 3 saturated heterocycles. The summed E-state index contributed by atoms with van der Waals surface area (Å²) in [6.45, 7) is 6.88. The average Bonchev–Trinajstić information content (AvgIpc) is 2.88. The summed E-state index contributed by atoms with van der Waals surface area (Å²) >= 11 is 0. The predicted octanol–water partition coefficient (Wildman–Crippen LogP) is -0.135. The van der Waals surface area contributed by atoms with Crippen molar-refractivity contribution in [3.63, 3.8) is 0 Å². The predicted molar refractivity (Wildman–Crippen MR) is 76.5 cm³/mol. The average molecular weight is 353 g/mol. The van der Waals surface area contributed by atoms with E-state index in [4.69, 9.17) is 27.9 Å². The summed E-state index contributed by atoms with van der Waals surface area (Å²) in [6, 6.07) is 0. The lowest BCUT2D eigenvalue weighted by Gasteiger charge is -2.40. The van der Waals surface area contributed by atoms with Gasteiger partial charge in [-0.05, 0) is 27.7 Å². The number of hydrogen-bond donors (Lipinski definition) is 1. The Balaban J connectivity index is 1.85. The number of nitrogens with one attached hydrogen (secondary N) is 1. The number of hydrogen-bond acceptors (Lipinski definition) is 8. The molecular weight excluding hydrogens is 330 g/mol. The van der Waals surface area contributed by atoms with Crippen LogP contribution in [-0.4, -0.2) is 64.4 Å². The fraction of sp³-hybridized carbons (Fsp3) is 1.00. The zero-order valence-corrected chi connectivity index (χ0v) is 14.6. The van der Waals surface area contributed by atoms with Crippen molar-refractivity contribution in [3.8, 4) is 0 Å². The molecule has 0 radical (unpaired) electrons. The van der Waals surface area contributed by atoms with Crippen molar-refractivity contribution in [2.24, 2.45) is 0 Å². The summed E-state index contributed by atoms with van der Waals surface area (Å²) in [5.41, 5.74) is 0. The van der Waals surface area contributed by atoms with Crippen LogP contribution in [0.25, 0.3) is 0 Å². The van der Waals surface area contributed by atoms with Crippen LogP contribution in [0.2, 0.25) is 0 Å². The van der Waals surface area contributed by atoms with Crippen LogP contribution in [0.4, 0.5) is 0 Å². The van der Waals surface area contributed by atoms with Gasteiger partial charge in [0.1, 0.15) is 24.9 Å². The van der Waals surface area contributed by atoms with Gasteiger partial charge in [-0.1, -0.05) is 0 Å². The first-order chi connectivity index (χ1) is 10.5. The molecule has 0 aromatic rings. The van der Waals surface area contributed by atoms with E-state index in [2.05, 4.69) is 4.72 Å². The molecule has 0 saturated carbocycles. The Morgan fingerprint density at radius 3 is 2.48 bits per heavy atom. The van der Waals surface area contributed by atoms with Gasteiger partial charge < -0.3 is 23.7 Å². The van der Waals surface area contributed by atoms with Gasteiger partial charge in [0.05, 0.1) is 6.61 Å². The van der Waals surface area contributed by atoms with E-state index < -0.39 is 39.9 Å². The molecular formula is C13H23NO8S. The van der Waals surface area contributed by atoms with Gasteiger partial charge in [-0.3, -0.25) is 4.18 Å². The molecule has 3 fully saturated rings. The fourth-order valence-corrected chi connectivity index (χ4v) is 3.60. The van der Waals surface area contributed by atoms with Crippen molar-refractivity contribution < 1.29 is 36.3 Å². The monoisotopic (exact) mass is 353 g/mol. The minimum absolute atomic E-state index is 0.187. The van der Waals surface area contributed by atoms with Gasteiger partial charge >= 0.3 is 10.3 Å². The van der Waals surface area contributed by atoms with Crippen LogP contribution in [0.15, 0.2) is 0 Å². The van der Waals surface area contributed by atoms with Crippen LogP contribution < -0.4 is 4.72 Å². The highest BCUT2D eigenvalue weighted by molar-refractivity contribution is 7.84. The van der Waals surface area contributed by atoms with Crippen LogP contribution in [0.5, 0.6) is 0 Å². The minimum Gasteiger partial charge on any atom is -0.343 e. The second-order valence-corrected chi connectivity index (χ2v) is 8.27. The van der Waals surface area contributed by atoms with Gasteiger partial charge in [0.25, 0.3) is 0 Å². The molecule has 9 nitrogen and oxygen atoms in total. The second kappa shape index (κ2) is 5.33. The highest BCUT2D eigenvalue weighted by Crippen LogP contribution is 2.47. The first-order valence-electron chi connectivity index (χ1n) is 7.43. The second-order valence-electron chi connectivity index (χ2n) is 6.72.